The van der Waals surface area contributed by atoms with Gasteiger partial charge < -0.3 is 15.3 Å². The number of hydrogen-bond acceptors (Lipinski definition) is 3. The number of aliphatic hydroxyl groups excluding tert-OH is 2. The molecule has 0 spiro atoms. The van der Waals surface area contributed by atoms with E-state index in [1.54, 1.807) is 12.1 Å². The first-order valence-corrected chi connectivity index (χ1v) is 3.32. The van der Waals surface area contributed by atoms with Crippen LogP contribution in [0.25, 0.3) is 0 Å². The van der Waals surface area contributed by atoms with E-state index in [1.807, 2.05) is 0 Å². The zero-order valence-electron chi connectivity index (χ0n) is 5.94. The van der Waals surface area contributed by atoms with Crippen molar-refractivity contribution in [2.24, 2.45) is 0 Å². The Hall–Kier alpha value is -1.06. The molecule has 3 nitrogen and oxygen atoms in total. The highest BCUT2D eigenvalue weighted by Gasteiger charge is 2.03. The van der Waals surface area contributed by atoms with E-state index in [4.69, 9.17) is 15.3 Å². The van der Waals surface area contributed by atoms with Gasteiger partial charge in [0.25, 0.3) is 0 Å². The van der Waals surface area contributed by atoms with Gasteiger partial charge in [-0.3, -0.25) is 0 Å². The van der Waals surface area contributed by atoms with E-state index in [0.717, 1.165) is 0 Å². The van der Waals surface area contributed by atoms with Crippen LogP contribution in [0.2, 0.25) is 0 Å². The van der Waals surface area contributed by atoms with Crippen LogP contribution in [0.5, 0.6) is 5.75 Å². The van der Waals surface area contributed by atoms with Gasteiger partial charge in [0.15, 0.2) is 0 Å². The van der Waals surface area contributed by atoms with Gasteiger partial charge in [-0.15, -0.1) is 0 Å². The van der Waals surface area contributed by atoms with Crippen molar-refractivity contribution in [1.29, 1.82) is 0 Å². The van der Waals surface area contributed by atoms with Gasteiger partial charge in [-0.1, -0.05) is 12.1 Å². The fraction of sp³-hybridized carbons (Fsp3) is 0.250. The third-order valence-corrected chi connectivity index (χ3v) is 1.45. The van der Waals surface area contributed by atoms with Crippen LogP contribution in [-0.2, 0) is 0 Å². The molecule has 0 bridgehead atoms. The van der Waals surface area contributed by atoms with Crippen molar-refractivity contribution in [3.05, 3.63) is 29.8 Å². The molecule has 1 rings (SSSR count). The molecule has 0 amide bonds. The maximum atomic E-state index is 9.09. The molecule has 1 aromatic carbocycles. The SMILES string of the molecule is OC[C@@H](O)c1ccc(O)cc1. The highest BCUT2D eigenvalue weighted by Crippen LogP contribution is 2.15. The van der Waals surface area contributed by atoms with Gasteiger partial charge in [-0.25, -0.2) is 0 Å². The predicted molar refractivity (Wildman–Crippen MR) is 40.2 cm³/mol. The van der Waals surface area contributed by atoms with Gasteiger partial charge in [0.2, 0.25) is 0 Å². The van der Waals surface area contributed by atoms with Crippen molar-refractivity contribution < 1.29 is 15.3 Å². The molecule has 0 unspecified atom stereocenters. The fourth-order valence-corrected chi connectivity index (χ4v) is 0.802. The summed E-state index contributed by atoms with van der Waals surface area (Å²) in [5.41, 5.74) is 0.602. The molecule has 0 aromatic heterocycles. The Morgan fingerprint density at radius 1 is 1.18 bits per heavy atom. The van der Waals surface area contributed by atoms with Crippen LogP contribution in [-0.4, -0.2) is 21.9 Å². The number of hydrogen-bond donors (Lipinski definition) is 3. The van der Waals surface area contributed by atoms with Gasteiger partial charge in [0.05, 0.1) is 6.61 Å². The van der Waals surface area contributed by atoms with Crippen LogP contribution in [0.3, 0.4) is 0 Å². The summed E-state index contributed by atoms with van der Waals surface area (Å²) in [6.07, 6.45) is -0.851. The molecule has 3 heteroatoms. The Labute approximate surface area is 64.5 Å². The summed E-state index contributed by atoms with van der Waals surface area (Å²) >= 11 is 0. The quantitative estimate of drug-likeness (QED) is 0.578. The molecule has 0 saturated heterocycles. The van der Waals surface area contributed by atoms with E-state index in [-0.39, 0.29) is 12.4 Å². The van der Waals surface area contributed by atoms with E-state index < -0.39 is 6.10 Å². The van der Waals surface area contributed by atoms with Crippen LogP contribution in [0.15, 0.2) is 24.3 Å². The lowest BCUT2D eigenvalue weighted by molar-refractivity contribution is 0.0956. The third kappa shape index (κ3) is 1.93. The second kappa shape index (κ2) is 3.37. The lowest BCUT2D eigenvalue weighted by Gasteiger charge is -2.05. The highest BCUT2D eigenvalue weighted by atomic mass is 16.3. The zero-order chi connectivity index (χ0) is 8.27. The summed E-state index contributed by atoms with van der Waals surface area (Å²) in [5.74, 6) is 0.152. The monoisotopic (exact) mass is 154 g/mol. The second-order valence-electron chi connectivity index (χ2n) is 2.29. The molecular weight excluding hydrogens is 144 g/mol. The minimum atomic E-state index is -0.851. The molecule has 0 saturated carbocycles. The molecular formula is C8H10O3. The summed E-state index contributed by atoms with van der Waals surface area (Å²) in [4.78, 5) is 0. The first-order valence-electron chi connectivity index (χ1n) is 3.32. The number of phenols is 1. The first-order chi connectivity index (χ1) is 5.24. The predicted octanol–water partition coefficient (Wildman–Crippen LogP) is 0.418. The molecule has 0 radical (unpaired) electrons. The molecule has 0 fully saturated rings. The molecule has 60 valence electrons. The highest BCUT2D eigenvalue weighted by molar-refractivity contribution is 5.27. The topological polar surface area (TPSA) is 60.7 Å². The van der Waals surface area contributed by atoms with Gasteiger partial charge in [-0.05, 0) is 17.7 Å². The lowest BCUT2D eigenvalue weighted by Crippen LogP contribution is -2.01. The van der Waals surface area contributed by atoms with Gasteiger partial charge >= 0.3 is 0 Å². The molecule has 3 N–H and O–H groups in total. The zero-order valence-corrected chi connectivity index (χ0v) is 5.94. The maximum Gasteiger partial charge on any atom is 0.115 e. The second-order valence-corrected chi connectivity index (χ2v) is 2.29. The summed E-state index contributed by atoms with van der Waals surface area (Å²) < 4.78 is 0. The molecule has 1 atom stereocenters. The number of phenolic OH excluding ortho intramolecular Hbond substituents is 1. The van der Waals surface area contributed by atoms with Crippen molar-refractivity contribution in [3.63, 3.8) is 0 Å². The average molecular weight is 154 g/mol. The van der Waals surface area contributed by atoms with Gasteiger partial charge in [0, 0.05) is 0 Å². The number of rotatable bonds is 2. The fourth-order valence-electron chi connectivity index (χ4n) is 0.802. The number of aromatic hydroxyl groups is 1. The Morgan fingerprint density at radius 3 is 2.18 bits per heavy atom. The summed E-state index contributed by atoms with van der Waals surface area (Å²) in [6, 6.07) is 6.06. The largest absolute Gasteiger partial charge is 0.508 e. The normalized spacial score (nSPS) is 12.9. The van der Waals surface area contributed by atoms with Crippen LogP contribution in [0.1, 0.15) is 11.7 Å². The van der Waals surface area contributed by atoms with Crippen LogP contribution in [0, 0.1) is 0 Å². The Morgan fingerprint density at radius 2 is 1.73 bits per heavy atom. The Balaban J connectivity index is 2.81. The van der Waals surface area contributed by atoms with E-state index in [1.165, 1.54) is 12.1 Å². The van der Waals surface area contributed by atoms with Crippen LogP contribution < -0.4 is 0 Å². The molecule has 1 aromatic rings. The standard InChI is InChI=1S/C8H10O3/c9-5-8(11)6-1-3-7(10)4-2-6/h1-4,8-11H,5H2/t8-/m1/s1. The number of aliphatic hydroxyl groups is 2. The van der Waals surface area contributed by atoms with Crippen LogP contribution in [0.4, 0.5) is 0 Å². The maximum absolute atomic E-state index is 9.09. The smallest absolute Gasteiger partial charge is 0.115 e. The van der Waals surface area contributed by atoms with E-state index in [2.05, 4.69) is 0 Å². The first kappa shape index (κ1) is 8.04. The van der Waals surface area contributed by atoms with Crippen molar-refractivity contribution in [2.45, 2.75) is 6.10 Å². The molecule has 0 aliphatic carbocycles. The van der Waals surface area contributed by atoms with Gasteiger partial charge in [-0.2, -0.15) is 0 Å². The molecule has 0 aliphatic rings. The molecule has 0 heterocycles. The van der Waals surface area contributed by atoms with Crippen molar-refractivity contribution in [2.75, 3.05) is 6.61 Å². The van der Waals surface area contributed by atoms with E-state index >= 15 is 0 Å². The van der Waals surface area contributed by atoms with Crippen molar-refractivity contribution >= 4 is 0 Å². The Bertz CT molecular complexity index is 217. The summed E-state index contributed by atoms with van der Waals surface area (Å²) in [6.45, 7) is -0.301. The lowest BCUT2D eigenvalue weighted by atomic mass is 10.1. The van der Waals surface area contributed by atoms with E-state index in [9.17, 15) is 0 Å². The average Bonchev–Trinajstić information content (AvgIpc) is 2.05. The van der Waals surface area contributed by atoms with Crippen molar-refractivity contribution in [3.8, 4) is 5.75 Å². The number of benzene rings is 1. The molecule has 11 heavy (non-hydrogen) atoms. The summed E-state index contributed by atoms with van der Waals surface area (Å²) in [7, 11) is 0. The van der Waals surface area contributed by atoms with Gasteiger partial charge in [0.1, 0.15) is 11.9 Å². The molecule has 0 aliphatic heterocycles. The minimum absolute atomic E-state index is 0.152. The minimum Gasteiger partial charge on any atom is -0.508 e. The third-order valence-electron chi connectivity index (χ3n) is 1.45. The van der Waals surface area contributed by atoms with Crippen LogP contribution >= 0.6 is 0 Å². The van der Waals surface area contributed by atoms with Crippen molar-refractivity contribution in [1.82, 2.24) is 0 Å². The Kier molecular flexibility index (Phi) is 2.46. The summed E-state index contributed by atoms with van der Waals surface area (Å²) in [5, 5.41) is 26.5. The van der Waals surface area contributed by atoms with E-state index in [0.29, 0.717) is 5.56 Å².